The minimum absolute atomic E-state index is 0.172. The number of hydrogen-bond donors (Lipinski definition) is 1. The zero-order chi connectivity index (χ0) is 19.7. The van der Waals surface area contributed by atoms with Gasteiger partial charge in [0.2, 0.25) is 5.91 Å². The lowest BCUT2D eigenvalue weighted by molar-refractivity contribution is -0.134. The molecule has 1 saturated heterocycles. The fourth-order valence-electron chi connectivity index (χ4n) is 3.95. The highest BCUT2D eigenvalue weighted by Crippen LogP contribution is 2.49. The maximum atomic E-state index is 13.2. The van der Waals surface area contributed by atoms with Crippen molar-refractivity contribution in [3.63, 3.8) is 0 Å². The second-order valence-corrected chi connectivity index (χ2v) is 7.56. The molecule has 6 nitrogen and oxygen atoms in total. The molecule has 2 aliphatic rings. The first-order valence-corrected chi connectivity index (χ1v) is 9.92. The van der Waals surface area contributed by atoms with Crippen LogP contribution in [-0.2, 0) is 10.2 Å². The van der Waals surface area contributed by atoms with E-state index in [0.29, 0.717) is 13.1 Å². The van der Waals surface area contributed by atoms with E-state index >= 15 is 0 Å². The van der Waals surface area contributed by atoms with Crippen molar-refractivity contribution in [1.29, 1.82) is 0 Å². The number of nitrogens with one attached hydrogen (secondary N) is 1. The molecule has 4 rings (SSSR count). The second-order valence-electron chi connectivity index (χ2n) is 7.56. The smallest absolute Gasteiger partial charge is 0.233 e. The highest BCUT2D eigenvalue weighted by atomic mass is 19.1. The number of amides is 1. The molecule has 2 fully saturated rings. The number of rotatable bonds is 5. The van der Waals surface area contributed by atoms with Crippen LogP contribution >= 0.6 is 0 Å². The molecule has 7 heteroatoms. The van der Waals surface area contributed by atoms with Gasteiger partial charge in [0.1, 0.15) is 23.3 Å². The van der Waals surface area contributed by atoms with Crippen molar-refractivity contribution in [3.8, 4) is 0 Å². The number of aromatic nitrogens is 2. The molecule has 2 aromatic rings. The maximum absolute atomic E-state index is 13.2. The molecule has 1 N–H and O–H groups in total. The van der Waals surface area contributed by atoms with Gasteiger partial charge in [-0.15, -0.1) is 0 Å². The third-order valence-electron chi connectivity index (χ3n) is 5.63. The summed E-state index contributed by atoms with van der Waals surface area (Å²) >= 11 is 0. The van der Waals surface area contributed by atoms with Crippen LogP contribution in [0.2, 0.25) is 0 Å². The van der Waals surface area contributed by atoms with Crippen LogP contribution in [0.5, 0.6) is 0 Å². The van der Waals surface area contributed by atoms with Crippen LogP contribution in [-0.4, -0.2) is 53.5 Å². The van der Waals surface area contributed by atoms with Gasteiger partial charge in [-0.05, 0) is 44.4 Å². The van der Waals surface area contributed by atoms with Gasteiger partial charge in [-0.3, -0.25) is 4.79 Å². The predicted molar refractivity (Wildman–Crippen MR) is 107 cm³/mol. The Bertz CT molecular complexity index is 858. The van der Waals surface area contributed by atoms with E-state index in [4.69, 9.17) is 0 Å². The lowest BCUT2D eigenvalue weighted by Crippen LogP contribution is -2.51. The van der Waals surface area contributed by atoms with Gasteiger partial charge in [-0.1, -0.05) is 12.1 Å². The molecule has 0 spiro atoms. The van der Waals surface area contributed by atoms with Crippen molar-refractivity contribution in [3.05, 3.63) is 47.5 Å². The maximum Gasteiger partial charge on any atom is 0.233 e. The zero-order valence-electron chi connectivity index (χ0n) is 16.4. The summed E-state index contributed by atoms with van der Waals surface area (Å²) in [6.07, 6.45) is 1.68. The Morgan fingerprint density at radius 2 is 1.82 bits per heavy atom. The summed E-state index contributed by atoms with van der Waals surface area (Å²) in [7, 11) is 0. The number of nitrogens with zero attached hydrogens (tertiary/aromatic N) is 4. The number of hydrogen-bond acceptors (Lipinski definition) is 5. The van der Waals surface area contributed by atoms with Gasteiger partial charge in [-0.25, -0.2) is 14.4 Å². The van der Waals surface area contributed by atoms with Gasteiger partial charge >= 0.3 is 0 Å². The summed E-state index contributed by atoms with van der Waals surface area (Å²) in [6, 6.07) is 8.36. The van der Waals surface area contributed by atoms with E-state index in [1.165, 1.54) is 12.1 Å². The van der Waals surface area contributed by atoms with Crippen molar-refractivity contribution in [2.45, 2.75) is 32.1 Å². The molecule has 1 aromatic heterocycles. The van der Waals surface area contributed by atoms with Crippen LogP contribution in [0.4, 0.5) is 16.0 Å². The summed E-state index contributed by atoms with van der Waals surface area (Å²) < 4.78 is 13.2. The molecule has 1 aliphatic heterocycles. The third-order valence-corrected chi connectivity index (χ3v) is 5.63. The number of benzene rings is 1. The van der Waals surface area contributed by atoms with Crippen LogP contribution in [0.15, 0.2) is 30.3 Å². The molecule has 1 aromatic carbocycles. The Labute approximate surface area is 164 Å². The standard InChI is InChI=1S/C21H26FN5O/c1-3-23-18-14-19(25-15(2)24-18)26-10-12-27(13-11-26)20(28)21(8-9-21)16-4-6-17(22)7-5-16/h4-7,14H,3,8-13H2,1-2H3,(H,23,24,25). The van der Waals surface area contributed by atoms with Crippen molar-refractivity contribution < 1.29 is 9.18 Å². The van der Waals surface area contributed by atoms with E-state index in [9.17, 15) is 9.18 Å². The minimum Gasteiger partial charge on any atom is -0.370 e. The molecule has 0 atom stereocenters. The lowest BCUT2D eigenvalue weighted by Gasteiger charge is -2.37. The predicted octanol–water partition coefficient (Wildman–Crippen LogP) is 2.74. The molecule has 1 aliphatic carbocycles. The van der Waals surface area contributed by atoms with Gasteiger partial charge in [-0.2, -0.15) is 0 Å². The molecule has 148 valence electrons. The van der Waals surface area contributed by atoms with Crippen molar-refractivity contribution >= 4 is 17.5 Å². The summed E-state index contributed by atoms with van der Waals surface area (Å²) in [5.74, 6) is 2.37. The van der Waals surface area contributed by atoms with Crippen molar-refractivity contribution in [2.24, 2.45) is 0 Å². The number of anilines is 2. The van der Waals surface area contributed by atoms with E-state index in [-0.39, 0.29) is 11.7 Å². The van der Waals surface area contributed by atoms with E-state index < -0.39 is 5.41 Å². The average Bonchev–Trinajstić information content (AvgIpc) is 3.50. The highest BCUT2D eigenvalue weighted by Gasteiger charge is 2.53. The van der Waals surface area contributed by atoms with Gasteiger partial charge in [0, 0.05) is 38.8 Å². The lowest BCUT2D eigenvalue weighted by atomic mass is 9.94. The van der Waals surface area contributed by atoms with E-state index in [2.05, 4.69) is 20.2 Å². The van der Waals surface area contributed by atoms with Gasteiger partial charge in [0.25, 0.3) is 0 Å². The molecule has 0 unspecified atom stereocenters. The minimum atomic E-state index is -0.445. The SMILES string of the molecule is CCNc1cc(N2CCN(C(=O)C3(c4ccc(F)cc4)CC3)CC2)nc(C)n1. The zero-order valence-corrected chi connectivity index (χ0v) is 16.4. The van der Waals surface area contributed by atoms with Crippen LogP contribution < -0.4 is 10.2 Å². The van der Waals surface area contributed by atoms with Gasteiger partial charge < -0.3 is 15.1 Å². The molecular formula is C21H26FN5O. The first-order valence-electron chi connectivity index (χ1n) is 9.92. The fourth-order valence-corrected chi connectivity index (χ4v) is 3.95. The average molecular weight is 383 g/mol. The molecule has 28 heavy (non-hydrogen) atoms. The molecular weight excluding hydrogens is 357 g/mol. The Kier molecular flexibility index (Phi) is 4.91. The van der Waals surface area contributed by atoms with Crippen LogP contribution in [0, 0.1) is 12.7 Å². The monoisotopic (exact) mass is 383 g/mol. The molecule has 1 saturated carbocycles. The number of halogens is 1. The molecule has 0 bridgehead atoms. The first-order chi connectivity index (χ1) is 13.5. The normalized spacial score (nSPS) is 18.1. The number of piperazine rings is 1. The first kappa shape index (κ1) is 18.7. The molecule has 1 amide bonds. The van der Waals surface area contributed by atoms with E-state index in [1.807, 2.05) is 24.8 Å². The topological polar surface area (TPSA) is 61.4 Å². The van der Waals surface area contributed by atoms with Gasteiger partial charge in [0.15, 0.2) is 0 Å². The Morgan fingerprint density at radius 3 is 2.43 bits per heavy atom. The number of carbonyl (C=O) groups is 1. The summed E-state index contributed by atoms with van der Waals surface area (Å²) in [5.41, 5.74) is 0.489. The Morgan fingerprint density at radius 1 is 1.14 bits per heavy atom. The largest absolute Gasteiger partial charge is 0.370 e. The summed E-state index contributed by atoms with van der Waals surface area (Å²) in [6.45, 7) is 7.56. The second kappa shape index (κ2) is 7.37. The Hall–Kier alpha value is -2.70. The number of carbonyl (C=O) groups excluding carboxylic acids is 1. The van der Waals surface area contributed by atoms with E-state index in [1.54, 1.807) is 12.1 Å². The van der Waals surface area contributed by atoms with Crippen LogP contribution in [0.25, 0.3) is 0 Å². The van der Waals surface area contributed by atoms with E-state index in [0.717, 1.165) is 55.5 Å². The highest BCUT2D eigenvalue weighted by molar-refractivity contribution is 5.91. The fraction of sp³-hybridized carbons (Fsp3) is 0.476. The quantitative estimate of drug-likeness (QED) is 0.860. The summed E-state index contributed by atoms with van der Waals surface area (Å²) in [5, 5.41) is 3.24. The van der Waals surface area contributed by atoms with Crippen LogP contribution in [0.3, 0.4) is 0 Å². The Balaban J connectivity index is 1.43. The van der Waals surface area contributed by atoms with Crippen LogP contribution in [0.1, 0.15) is 31.2 Å². The number of aryl methyl sites for hydroxylation is 1. The molecule has 0 radical (unpaired) electrons. The van der Waals surface area contributed by atoms with Crippen molar-refractivity contribution in [2.75, 3.05) is 42.9 Å². The van der Waals surface area contributed by atoms with Crippen molar-refractivity contribution in [1.82, 2.24) is 14.9 Å². The van der Waals surface area contributed by atoms with Gasteiger partial charge in [0.05, 0.1) is 5.41 Å². The molecule has 2 heterocycles. The third kappa shape index (κ3) is 3.53. The summed E-state index contributed by atoms with van der Waals surface area (Å²) in [4.78, 5) is 26.3.